The Bertz CT molecular complexity index is 752. The van der Waals surface area contributed by atoms with Crippen molar-refractivity contribution in [2.45, 2.75) is 13.8 Å². The van der Waals surface area contributed by atoms with Gasteiger partial charge in [0.1, 0.15) is 10.2 Å². The number of esters is 2. The first-order valence-electron chi connectivity index (χ1n) is 6.43. The fourth-order valence-electron chi connectivity index (χ4n) is 2.12. The lowest BCUT2D eigenvalue weighted by molar-refractivity contribution is 0.0551. The van der Waals surface area contributed by atoms with Crippen LogP contribution < -0.4 is 0 Å². The number of hydrogen-bond donors (Lipinski definition) is 0. The Morgan fingerprint density at radius 3 is 2.32 bits per heavy atom. The van der Waals surface area contributed by atoms with Crippen molar-refractivity contribution in [3.63, 3.8) is 0 Å². The summed E-state index contributed by atoms with van der Waals surface area (Å²) in [6.45, 7) is 3.90. The number of halogens is 1. The van der Waals surface area contributed by atoms with Gasteiger partial charge in [0, 0.05) is 0 Å². The zero-order valence-electron chi connectivity index (χ0n) is 12.6. The molecule has 0 unspecified atom stereocenters. The fraction of sp³-hybridized carbons (Fsp3) is 0.267. The number of aryl methyl sites for hydroxylation is 2. The smallest absolute Gasteiger partial charge is 0.359 e. The molecule has 1 heterocycles. The zero-order valence-corrected chi connectivity index (χ0v) is 14.2. The van der Waals surface area contributed by atoms with Crippen LogP contribution in [0.3, 0.4) is 0 Å². The number of methoxy groups -OCH3 is 2. The number of carbonyl (C=O) groups is 2. The maximum Gasteiger partial charge on any atom is 0.359 e. The molecule has 22 heavy (non-hydrogen) atoms. The van der Waals surface area contributed by atoms with Gasteiger partial charge in [0.2, 0.25) is 0 Å². The van der Waals surface area contributed by atoms with E-state index in [0.29, 0.717) is 4.60 Å². The lowest BCUT2D eigenvalue weighted by Gasteiger charge is -2.08. The Morgan fingerprint density at radius 2 is 1.77 bits per heavy atom. The molecule has 0 aliphatic rings. The first kappa shape index (κ1) is 16.2. The molecule has 0 amide bonds. The summed E-state index contributed by atoms with van der Waals surface area (Å²) in [6, 6.07) is 5.77. The van der Waals surface area contributed by atoms with Crippen molar-refractivity contribution in [2.75, 3.05) is 14.2 Å². The number of benzene rings is 1. The van der Waals surface area contributed by atoms with Gasteiger partial charge < -0.3 is 9.47 Å². The van der Waals surface area contributed by atoms with Crippen molar-refractivity contribution in [1.29, 1.82) is 0 Å². The summed E-state index contributed by atoms with van der Waals surface area (Å²) < 4.78 is 11.2. The van der Waals surface area contributed by atoms with Gasteiger partial charge in [-0.1, -0.05) is 17.7 Å². The molecule has 2 rings (SSSR count). The predicted octanol–water partition coefficient (Wildman–Crippen LogP) is 2.82. The summed E-state index contributed by atoms with van der Waals surface area (Å²) in [7, 11) is 2.47. The van der Waals surface area contributed by atoms with Crippen LogP contribution in [0.15, 0.2) is 22.8 Å². The van der Waals surface area contributed by atoms with Crippen LogP contribution >= 0.6 is 15.9 Å². The molecule has 1 aromatic carbocycles. The largest absolute Gasteiger partial charge is 0.465 e. The summed E-state index contributed by atoms with van der Waals surface area (Å²) in [6.07, 6.45) is 0. The van der Waals surface area contributed by atoms with Gasteiger partial charge >= 0.3 is 11.9 Å². The highest BCUT2D eigenvalue weighted by molar-refractivity contribution is 9.10. The summed E-state index contributed by atoms with van der Waals surface area (Å²) in [4.78, 5) is 23.8. The number of ether oxygens (including phenoxy) is 2. The predicted molar refractivity (Wildman–Crippen MR) is 83.4 cm³/mol. The van der Waals surface area contributed by atoms with E-state index in [0.717, 1.165) is 16.8 Å². The second-order valence-electron chi connectivity index (χ2n) is 4.70. The molecule has 0 fully saturated rings. The SMILES string of the molecule is COC(=O)c1nn(-c2ccc(C)cc2C)c(Br)c1C(=O)OC. The van der Waals surface area contributed by atoms with E-state index in [9.17, 15) is 9.59 Å². The number of nitrogens with zero attached hydrogens (tertiary/aromatic N) is 2. The highest BCUT2D eigenvalue weighted by Crippen LogP contribution is 2.27. The molecule has 2 aromatic rings. The average molecular weight is 367 g/mol. The van der Waals surface area contributed by atoms with Gasteiger partial charge in [0.15, 0.2) is 5.69 Å². The third kappa shape index (κ3) is 2.76. The molecule has 0 saturated carbocycles. The van der Waals surface area contributed by atoms with Crippen molar-refractivity contribution in [3.05, 3.63) is 45.2 Å². The summed E-state index contributed by atoms with van der Waals surface area (Å²) in [5, 5.41) is 4.20. The fourth-order valence-corrected chi connectivity index (χ4v) is 2.74. The van der Waals surface area contributed by atoms with Crippen molar-refractivity contribution in [3.8, 4) is 5.69 Å². The minimum Gasteiger partial charge on any atom is -0.465 e. The van der Waals surface area contributed by atoms with Crippen LogP contribution in [-0.4, -0.2) is 35.9 Å². The second kappa shape index (κ2) is 6.31. The Balaban J connectivity index is 2.70. The van der Waals surface area contributed by atoms with E-state index in [1.807, 2.05) is 32.0 Å². The second-order valence-corrected chi connectivity index (χ2v) is 5.45. The molecule has 0 N–H and O–H groups in total. The highest BCUT2D eigenvalue weighted by Gasteiger charge is 2.29. The Labute approximate surface area is 136 Å². The molecule has 0 aliphatic heterocycles. The van der Waals surface area contributed by atoms with E-state index >= 15 is 0 Å². The van der Waals surface area contributed by atoms with Crippen LogP contribution in [0.25, 0.3) is 5.69 Å². The minimum absolute atomic E-state index is 0.0364. The van der Waals surface area contributed by atoms with Gasteiger partial charge in [-0.3, -0.25) is 0 Å². The minimum atomic E-state index is -0.704. The van der Waals surface area contributed by atoms with Gasteiger partial charge in [-0.2, -0.15) is 5.10 Å². The molecular weight excluding hydrogens is 352 g/mol. The molecule has 7 heteroatoms. The number of rotatable bonds is 3. The summed E-state index contributed by atoms with van der Waals surface area (Å²) in [5.41, 5.74) is 2.75. The number of hydrogen-bond acceptors (Lipinski definition) is 5. The van der Waals surface area contributed by atoms with E-state index in [-0.39, 0.29) is 11.3 Å². The van der Waals surface area contributed by atoms with Crippen LogP contribution in [0.5, 0.6) is 0 Å². The number of aromatic nitrogens is 2. The van der Waals surface area contributed by atoms with E-state index in [1.165, 1.54) is 18.9 Å². The van der Waals surface area contributed by atoms with Crippen molar-refractivity contribution in [2.24, 2.45) is 0 Å². The molecule has 0 radical (unpaired) electrons. The van der Waals surface area contributed by atoms with Crippen molar-refractivity contribution < 1.29 is 19.1 Å². The van der Waals surface area contributed by atoms with Crippen LogP contribution in [0, 0.1) is 13.8 Å². The lowest BCUT2D eigenvalue weighted by atomic mass is 10.1. The molecule has 0 spiro atoms. The van der Waals surface area contributed by atoms with E-state index in [1.54, 1.807) is 0 Å². The van der Waals surface area contributed by atoms with Crippen molar-refractivity contribution >= 4 is 27.9 Å². The van der Waals surface area contributed by atoms with Gasteiger partial charge in [-0.15, -0.1) is 0 Å². The molecule has 1 aromatic heterocycles. The van der Waals surface area contributed by atoms with E-state index in [2.05, 4.69) is 25.8 Å². The third-order valence-electron chi connectivity index (χ3n) is 3.18. The quantitative estimate of drug-likeness (QED) is 0.781. The topological polar surface area (TPSA) is 70.4 Å². The first-order valence-corrected chi connectivity index (χ1v) is 7.22. The zero-order chi connectivity index (χ0) is 16.4. The highest BCUT2D eigenvalue weighted by atomic mass is 79.9. The monoisotopic (exact) mass is 366 g/mol. The third-order valence-corrected chi connectivity index (χ3v) is 3.91. The van der Waals surface area contributed by atoms with Gasteiger partial charge in [0.05, 0.1) is 19.9 Å². The van der Waals surface area contributed by atoms with E-state index < -0.39 is 11.9 Å². The molecule has 0 bridgehead atoms. The van der Waals surface area contributed by atoms with Crippen LogP contribution in [0.1, 0.15) is 32.0 Å². The maximum absolute atomic E-state index is 11.9. The van der Waals surface area contributed by atoms with Crippen LogP contribution in [0.4, 0.5) is 0 Å². The van der Waals surface area contributed by atoms with E-state index in [4.69, 9.17) is 4.74 Å². The maximum atomic E-state index is 11.9. The molecule has 0 aliphatic carbocycles. The molecular formula is C15H15BrN2O4. The molecule has 116 valence electrons. The Morgan fingerprint density at radius 1 is 1.14 bits per heavy atom. The van der Waals surface area contributed by atoms with Crippen LogP contribution in [0.2, 0.25) is 0 Å². The number of carbonyl (C=O) groups excluding carboxylic acids is 2. The van der Waals surface area contributed by atoms with Gasteiger partial charge in [-0.05, 0) is 41.4 Å². The molecule has 0 atom stereocenters. The first-order chi connectivity index (χ1) is 10.4. The molecule has 0 saturated heterocycles. The Kier molecular flexibility index (Phi) is 4.65. The summed E-state index contributed by atoms with van der Waals surface area (Å²) in [5.74, 6) is -1.37. The van der Waals surface area contributed by atoms with Crippen LogP contribution in [-0.2, 0) is 9.47 Å². The lowest BCUT2D eigenvalue weighted by Crippen LogP contribution is -2.10. The van der Waals surface area contributed by atoms with Gasteiger partial charge in [-0.25, -0.2) is 14.3 Å². The molecule has 6 nitrogen and oxygen atoms in total. The Hall–Kier alpha value is -2.15. The normalized spacial score (nSPS) is 10.4. The average Bonchev–Trinajstić information content (AvgIpc) is 2.83. The van der Waals surface area contributed by atoms with Crippen molar-refractivity contribution in [1.82, 2.24) is 9.78 Å². The standard InChI is InChI=1S/C15H15BrN2O4/c1-8-5-6-10(9(2)7-8)18-13(16)11(14(19)21-3)12(17-18)15(20)22-4/h5-7H,1-4H3. The van der Waals surface area contributed by atoms with Gasteiger partial charge in [0.25, 0.3) is 0 Å². The summed E-state index contributed by atoms with van der Waals surface area (Å²) >= 11 is 3.32.